The van der Waals surface area contributed by atoms with Crippen molar-refractivity contribution in [2.75, 3.05) is 0 Å². The Morgan fingerprint density at radius 3 is 3.06 bits per heavy atom. The molecule has 2 aromatic rings. The zero-order valence-corrected chi connectivity index (χ0v) is 8.50. The van der Waals surface area contributed by atoms with E-state index in [9.17, 15) is 4.79 Å². The molecule has 4 nitrogen and oxygen atoms in total. The first-order valence-corrected chi connectivity index (χ1v) is 4.78. The van der Waals surface area contributed by atoms with Crippen molar-refractivity contribution in [3.8, 4) is 6.07 Å². The van der Waals surface area contributed by atoms with Crippen molar-refractivity contribution in [2.45, 2.75) is 6.54 Å². The Bertz CT molecular complexity index is 551. The molecule has 1 heterocycles. The summed E-state index contributed by atoms with van der Waals surface area (Å²) in [6.07, 6.45) is 3.95. The lowest BCUT2D eigenvalue weighted by Gasteiger charge is -2.01. The highest BCUT2D eigenvalue weighted by molar-refractivity contribution is 5.73. The molecule has 4 heteroatoms. The molecule has 2 rings (SSSR count). The second kappa shape index (κ2) is 4.41. The third-order valence-corrected chi connectivity index (χ3v) is 2.19. The summed E-state index contributed by atoms with van der Waals surface area (Å²) < 4.78 is 1.67. The van der Waals surface area contributed by atoms with Crippen molar-refractivity contribution in [1.82, 2.24) is 9.78 Å². The van der Waals surface area contributed by atoms with E-state index in [0.29, 0.717) is 17.7 Å². The number of aldehydes is 1. The summed E-state index contributed by atoms with van der Waals surface area (Å²) in [6, 6.07) is 9.40. The molecule has 1 aromatic carbocycles. The summed E-state index contributed by atoms with van der Waals surface area (Å²) in [6.45, 7) is 0.559. The lowest BCUT2D eigenvalue weighted by molar-refractivity contribution is 0.112. The summed E-state index contributed by atoms with van der Waals surface area (Å²) in [5, 5.41) is 12.8. The molecule has 0 aliphatic carbocycles. The van der Waals surface area contributed by atoms with Gasteiger partial charge in [0, 0.05) is 6.20 Å². The van der Waals surface area contributed by atoms with Gasteiger partial charge in [0.05, 0.1) is 29.9 Å². The van der Waals surface area contributed by atoms with E-state index in [1.165, 1.54) is 6.20 Å². The van der Waals surface area contributed by atoms with Crippen LogP contribution in [0, 0.1) is 11.3 Å². The van der Waals surface area contributed by atoms with Gasteiger partial charge in [-0.05, 0) is 17.7 Å². The minimum absolute atomic E-state index is 0.552. The van der Waals surface area contributed by atoms with E-state index >= 15 is 0 Å². The average Bonchev–Trinajstić information content (AvgIpc) is 2.77. The molecule has 0 fully saturated rings. The first kappa shape index (κ1) is 10.1. The number of aromatic nitrogens is 2. The number of nitrogens with zero attached hydrogens (tertiary/aromatic N) is 3. The molecule has 0 saturated heterocycles. The van der Waals surface area contributed by atoms with E-state index in [2.05, 4.69) is 11.2 Å². The van der Waals surface area contributed by atoms with Crippen LogP contribution in [-0.2, 0) is 6.54 Å². The van der Waals surface area contributed by atoms with Crippen LogP contribution in [0.1, 0.15) is 21.5 Å². The van der Waals surface area contributed by atoms with Gasteiger partial charge in [0.25, 0.3) is 0 Å². The van der Waals surface area contributed by atoms with Crippen LogP contribution in [0.4, 0.5) is 0 Å². The van der Waals surface area contributed by atoms with Gasteiger partial charge in [-0.2, -0.15) is 10.4 Å². The van der Waals surface area contributed by atoms with Crippen LogP contribution in [0.3, 0.4) is 0 Å². The smallest absolute Gasteiger partial charge is 0.153 e. The fourth-order valence-electron chi connectivity index (χ4n) is 1.45. The van der Waals surface area contributed by atoms with Crippen molar-refractivity contribution in [3.05, 3.63) is 53.3 Å². The molecule has 0 amide bonds. The molecule has 0 atom stereocenters. The van der Waals surface area contributed by atoms with E-state index < -0.39 is 0 Å². The van der Waals surface area contributed by atoms with Crippen LogP contribution in [-0.4, -0.2) is 16.1 Å². The van der Waals surface area contributed by atoms with Crippen molar-refractivity contribution < 1.29 is 4.79 Å². The van der Waals surface area contributed by atoms with Gasteiger partial charge in [0.2, 0.25) is 0 Å². The molecule has 0 aliphatic rings. The minimum Gasteiger partial charge on any atom is -0.298 e. The van der Waals surface area contributed by atoms with Crippen LogP contribution < -0.4 is 0 Å². The first-order valence-electron chi connectivity index (χ1n) is 4.78. The lowest BCUT2D eigenvalue weighted by atomic mass is 10.1. The Hall–Kier alpha value is -2.41. The maximum absolute atomic E-state index is 10.5. The van der Waals surface area contributed by atoms with Crippen LogP contribution in [0.5, 0.6) is 0 Å². The van der Waals surface area contributed by atoms with Crippen molar-refractivity contribution >= 4 is 6.29 Å². The minimum atomic E-state index is 0.552. The van der Waals surface area contributed by atoms with Crippen molar-refractivity contribution in [2.24, 2.45) is 0 Å². The molecule has 0 spiro atoms. The molecule has 1 aromatic heterocycles. The van der Waals surface area contributed by atoms with Gasteiger partial charge >= 0.3 is 0 Å². The zero-order valence-electron chi connectivity index (χ0n) is 8.50. The number of rotatable bonds is 3. The monoisotopic (exact) mass is 211 g/mol. The molecular weight excluding hydrogens is 202 g/mol. The van der Waals surface area contributed by atoms with Gasteiger partial charge in [0.15, 0.2) is 6.29 Å². The third-order valence-electron chi connectivity index (χ3n) is 2.19. The van der Waals surface area contributed by atoms with E-state index in [4.69, 9.17) is 5.26 Å². The Morgan fingerprint density at radius 1 is 1.50 bits per heavy atom. The number of hydrogen-bond acceptors (Lipinski definition) is 3. The second-order valence-electron chi connectivity index (χ2n) is 3.40. The fourth-order valence-corrected chi connectivity index (χ4v) is 1.45. The predicted molar refractivity (Wildman–Crippen MR) is 57.9 cm³/mol. The average molecular weight is 211 g/mol. The highest BCUT2D eigenvalue weighted by Gasteiger charge is 1.99. The van der Waals surface area contributed by atoms with Gasteiger partial charge in [-0.3, -0.25) is 9.48 Å². The quantitative estimate of drug-likeness (QED) is 0.725. The normalized spacial score (nSPS) is 9.69. The largest absolute Gasteiger partial charge is 0.298 e. The lowest BCUT2D eigenvalue weighted by Crippen LogP contribution is -1.99. The van der Waals surface area contributed by atoms with Gasteiger partial charge in [0.1, 0.15) is 0 Å². The van der Waals surface area contributed by atoms with E-state index in [0.717, 1.165) is 11.8 Å². The van der Waals surface area contributed by atoms with Crippen LogP contribution in [0.2, 0.25) is 0 Å². The van der Waals surface area contributed by atoms with Gasteiger partial charge in [-0.1, -0.05) is 12.1 Å². The fraction of sp³-hybridized carbons (Fsp3) is 0.0833. The highest BCUT2D eigenvalue weighted by Crippen LogP contribution is 2.06. The maximum atomic E-state index is 10.5. The standard InChI is InChI=1S/C12H9N3O/c13-5-10-2-1-3-11(4-10)7-15-8-12(9-16)6-14-15/h1-4,6,8-9H,7H2. The number of carbonyl (C=O) groups excluding carboxylic acids is 1. The third kappa shape index (κ3) is 2.15. The van der Waals surface area contributed by atoms with Crippen molar-refractivity contribution in [1.29, 1.82) is 5.26 Å². The Kier molecular flexibility index (Phi) is 2.79. The second-order valence-corrected chi connectivity index (χ2v) is 3.40. The summed E-state index contributed by atoms with van der Waals surface area (Å²) in [5.41, 5.74) is 2.16. The number of hydrogen-bond donors (Lipinski definition) is 0. The molecule has 0 saturated carbocycles. The van der Waals surface area contributed by atoms with Crippen molar-refractivity contribution in [3.63, 3.8) is 0 Å². The number of nitriles is 1. The molecule has 0 radical (unpaired) electrons. The first-order chi connectivity index (χ1) is 7.81. The van der Waals surface area contributed by atoms with Gasteiger partial charge < -0.3 is 0 Å². The molecule has 0 bridgehead atoms. The van der Waals surface area contributed by atoms with Crippen LogP contribution in [0.25, 0.3) is 0 Å². The molecule has 16 heavy (non-hydrogen) atoms. The van der Waals surface area contributed by atoms with Crippen LogP contribution >= 0.6 is 0 Å². The molecule has 0 unspecified atom stereocenters. The SMILES string of the molecule is N#Cc1cccc(Cn2cc(C=O)cn2)c1. The van der Waals surface area contributed by atoms with Crippen LogP contribution in [0.15, 0.2) is 36.7 Å². The summed E-state index contributed by atoms with van der Waals surface area (Å²) >= 11 is 0. The van der Waals surface area contributed by atoms with Gasteiger partial charge in [-0.25, -0.2) is 0 Å². The summed E-state index contributed by atoms with van der Waals surface area (Å²) in [5.74, 6) is 0. The topological polar surface area (TPSA) is 58.7 Å². The molecular formula is C12H9N3O. The Morgan fingerprint density at radius 2 is 2.38 bits per heavy atom. The summed E-state index contributed by atoms with van der Waals surface area (Å²) in [4.78, 5) is 10.5. The van der Waals surface area contributed by atoms with Gasteiger partial charge in [-0.15, -0.1) is 0 Å². The van der Waals surface area contributed by atoms with E-state index in [1.54, 1.807) is 16.9 Å². The zero-order chi connectivity index (χ0) is 11.4. The molecule has 0 N–H and O–H groups in total. The highest BCUT2D eigenvalue weighted by atomic mass is 16.1. The maximum Gasteiger partial charge on any atom is 0.153 e. The Labute approximate surface area is 92.7 Å². The molecule has 78 valence electrons. The van der Waals surface area contributed by atoms with E-state index in [1.807, 2.05) is 18.2 Å². The number of benzene rings is 1. The summed E-state index contributed by atoms with van der Waals surface area (Å²) in [7, 11) is 0. The van der Waals surface area contributed by atoms with E-state index in [-0.39, 0.29) is 0 Å². The number of carbonyl (C=O) groups is 1. The molecule has 0 aliphatic heterocycles. The predicted octanol–water partition coefficient (Wildman–Crippen LogP) is 1.62. The Balaban J connectivity index is 2.20.